The SMILES string of the molecule is CCCCCCCCCCCCCC(N)Oc1ccc(O)c(C(C)(C)C)c1. The fourth-order valence-corrected chi connectivity index (χ4v) is 3.43. The summed E-state index contributed by atoms with van der Waals surface area (Å²) in [7, 11) is 0. The first kappa shape index (κ1) is 23.8. The van der Waals surface area contributed by atoms with Gasteiger partial charge in [-0.2, -0.15) is 0 Å². The number of aromatic hydroxyl groups is 1. The zero-order chi connectivity index (χ0) is 20.1. The predicted octanol–water partition coefficient (Wildman–Crippen LogP) is 7.05. The maximum absolute atomic E-state index is 10.0. The Morgan fingerprint density at radius 1 is 0.889 bits per heavy atom. The van der Waals surface area contributed by atoms with Crippen LogP contribution in [0.25, 0.3) is 0 Å². The van der Waals surface area contributed by atoms with Gasteiger partial charge in [0.05, 0.1) is 0 Å². The smallest absolute Gasteiger partial charge is 0.147 e. The lowest BCUT2D eigenvalue weighted by atomic mass is 9.86. The highest BCUT2D eigenvalue weighted by Gasteiger charge is 2.19. The monoisotopic (exact) mass is 377 g/mol. The van der Waals surface area contributed by atoms with E-state index < -0.39 is 0 Å². The lowest BCUT2D eigenvalue weighted by molar-refractivity contribution is 0.193. The van der Waals surface area contributed by atoms with Crippen LogP contribution in [0.3, 0.4) is 0 Å². The first-order valence-corrected chi connectivity index (χ1v) is 11.1. The Labute approximate surface area is 167 Å². The maximum atomic E-state index is 10.0. The third kappa shape index (κ3) is 10.6. The zero-order valence-corrected chi connectivity index (χ0v) is 18.2. The molecule has 156 valence electrons. The van der Waals surface area contributed by atoms with E-state index in [1.54, 1.807) is 12.1 Å². The number of phenolic OH excluding ortho intramolecular Hbond substituents is 1. The van der Waals surface area contributed by atoms with Gasteiger partial charge in [-0.05, 0) is 36.5 Å². The van der Waals surface area contributed by atoms with Crippen LogP contribution in [0.5, 0.6) is 11.5 Å². The molecular weight excluding hydrogens is 334 g/mol. The summed E-state index contributed by atoms with van der Waals surface area (Å²) in [6, 6.07) is 5.41. The number of ether oxygens (including phenoxy) is 1. The molecule has 1 aromatic rings. The molecule has 0 heterocycles. The minimum atomic E-state index is -0.277. The number of nitrogens with two attached hydrogens (primary N) is 1. The highest BCUT2D eigenvalue weighted by atomic mass is 16.5. The predicted molar refractivity (Wildman–Crippen MR) is 116 cm³/mol. The number of hydrogen-bond acceptors (Lipinski definition) is 3. The van der Waals surface area contributed by atoms with Gasteiger partial charge in [0.1, 0.15) is 17.7 Å². The minimum Gasteiger partial charge on any atom is -0.508 e. The lowest BCUT2D eigenvalue weighted by Crippen LogP contribution is -2.27. The van der Waals surface area contributed by atoms with Gasteiger partial charge in [-0.15, -0.1) is 0 Å². The van der Waals surface area contributed by atoms with Crippen molar-refractivity contribution >= 4 is 0 Å². The van der Waals surface area contributed by atoms with E-state index in [-0.39, 0.29) is 11.6 Å². The van der Waals surface area contributed by atoms with Crippen molar-refractivity contribution in [2.24, 2.45) is 5.73 Å². The third-order valence-electron chi connectivity index (χ3n) is 5.16. The normalized spacial score (nSPS) is 12.9. The second kappa shape index (κ2) is 13.0. The van der Waals surface area contributed by atoms with Crippen molar-refractivity contribution in [3.63, 3.8) is 0 Å². The summed E-state index contributed by atoms with van der Waals surface area (Å²) in [5.41, 5.74) is 6.91. The molecule has 0 spiro atoms. The first-order valence-electron chi connectivity index (χ1n) is 11.1. The molecule has 3 N–H and O–H groups in total. The number of benzene rings is 1. The summed E-state index contributed by atoms with van der Waals surface area (Å²) >= 11 is 0. The molecule has 0 bridgehead atoms. The van der Waals surface area contributed by atoms with Crippen molar-refractivity contribution in [3.8, 4) is 11.5 Å². The van der Waals surface area contributed by atoms with Gasteiger partial charge in [0, 0.05) is 5.56 Å². The largest absolute Gasteiger partial charge is 0.508 e. The maximum Gasteiger partial charge on any atom is 0.147 e. The minimum absolute atomic E-state index is 0.121. The molecule has 0 saturated carbocycles. The van der Waals surface area contributed by atoms with Gasteiger partial charge < -0.3 is 9.84 Å². The Bertz CT molecular complexity index is 508. The summed E-state index contributed by atoms with van der Waals surface area (Å²) < 4.78 is 5.86. The fourth-order valence-electron chi connectivity index (χ4n) is 3.43. The Kier molecular flexibility index (Phi) is 11.5. The molecule has 0 fully saturated rings. The van der Waals surface area contributed by atoms with Crippen LogP contribution in [-0.4, -0.2) is 11.3 Å². The van der Waals surface area contributed by atoms with Gasteiger partial charge in [-0.1, -0.05) is 91.9 Å². The zero-order valence-electron chi connectivity index (χ0n) is 18.2. The van der Waals surface area contributed by atoms with Gasteiger partial charge in [0.2, 0.25) is 0 Å². The van der Waals surface area contributed by atoms with Crippen LogP contribution in [0.1, 0.15) is 110 Å². The Balaban J connectivity index is 2.13. The van der Waals surface area contributed by atoms with E-state index in [2.05, 4.69) is 27.7 Å². The van der Waals surface area contributed by atoms with Crippen molar-refractivity contribution < 1.29 is 9.84 Å². The van der Waals surface area contributed by atoms with Crippen molar-refractivity contribution in [2.75, 3.05) is 0 Å². The molecule has 0 aliphatic carbocycles. The molecule has 0 radical (unpaired) electrons. The highest BCUT2D eigenvalue weighted by Crippen LogP contribution is 2.33. The molecule has 0 aliphatic rings. The topological polar surface area (TPSA) is 55.5 Å². The van der Waals surface area contributed by atoms with E-state index in [1.165, 1.54) is 64.2 Å². The van der Waals surface area contributed by atoms with Crippen molar-refractivity contribution in [3.05, 3.63) is 23.8 Å². The molecule has 1 atom stereocenters. The molecule has 0 amide bonds. The summed E-state index contributed by atoms with van der Waals surface area (Å²) in [5.74, 6) is 1.06. The van der Waals surface area contributed by atoms with Gasteiger partial charge in [-0.25, -0.2) is 0 Å². The second-order valence-corrected chi connectivity index (χ2v) is 8.91. The summed E-state index contributed by atoms with van der Waals surface area (Å²) in [6.45, 7) is 8.51. The van der Waals surface area contributed by atoms with Crippen LogP contribution in [-0.2, 0) is 5.41 Å². The first-order chi connectivity index (χ1) is 12.8. The second-order valence-electron chi connectivity index (χ2n) is 8.91. The van der Waals surface area contributed by atoms with Crippen LogP contribution in [0.15, 0.2) is 18.2 Å². The van der Waals surface area contributed by atoms with Gasteiger partial charge in [0.25, 0.3) is 0 Å². The van der Waals surface area contributed by atoms with Crippen molar-refractivity contribution in [1.82, 2.24) is 0 Å². The molecule has 1 unspecified atom stereocenters. The summed E-state index contributed by atoms with van der Waals surface area (Å²) in [6.07, 6.45) is 15.3. The average Bonchev–Trinajstić information content (AvgIpc) is 2.60. The molecule has 27 heavy (non-hydrogen) atoms. The highest BCUT2D eigenvalue weighted by molar-refractivity contribution is 5.43. The van der Waals surface area contributed by atoms with Crippen molar-refractivity contribution in [2.45, 2.75) is 116 Å². The molecule has 0 aliphatic heterocycles. The number of hydrogen-bond donors (Lipinski definition) is 2. The number of phenols is 1. The molecule has 3 nitrogen and oxygen atoms in total. The van der Waals surface area contributed by atoms with Gasteiger partial charge in [0.15, 0.2) is 0 Å². The third-order valence-corrected chi connectivity index (χ3v) is 5.16. The number of unbranched alkanes of at least 4 members (excludes halogenated alkanes) is 10. The summed E-state index contributed by atoms with van der Waals surface area (Å²) in [4.78, 5) is 0. The van der Waals surface area contributed by atoms with Gasteiger partial charge >= 0.3 is 0 Å². The molecule has 1 rings (SSSR count). The van der Waals surface area contributed by atoms with Crippen LogP contribution in [0.2, 0.25) is 0 Å². The fraction of sp³-hybridized carbons (Fsp3) is 0.750. The van der Waals surface area contributed by atoms with Crippen LogP contribution >= 0.6 is 0 Å². The Morgan fingerprint density at radius 3 is 1.93 bits per heavy atom. The van der Waals surface area contributed by atoms with E-state index in [0.29, 0.717) is 5.75 Å². The quantitative estimate of drug-likeness (QED) is 0.270. The molecule has 1 aromatic carbocycles. The van der Waals surface area contributed by atoms with E-state index >= 15 is 0 Å². The Hall–Kier alpha value is -1.22. The molecule has 3 heteroatoms. The van der Waals surface area contributed by atoms with Crippen LogP contribution in [0, 0.1) is 0 Å². The molecule has 0 saturated heterocycles. The van der Waals surface area contributed by atoms with Crippen molar-refractivity contribution in [1.29, 1.82) is 0 Å². The summed E-state index contributed by atoms with van der Waals surface area (Å²) in [5, 5.41) is 10.0. The molecular formula is C24H43NO2. The standard InChI is InChI=1S/C24H43NO2/c1-5-6-7-8-9-10-11-12-13-14-15-16-23(25)27-20-17-18-22(26)21(19-20)24(2,3)4/h17-19,23,26H,5-16,25H2,1-4H3. The van der Waals surface area contributed by atoms with Crippen LogP contribution < -0.4 is 10.5 Å². The van der Waals surface area contributed by atoms with Gasteiger partial charge in [-0.3, -0.25) is 5.73 Å². The van der Waals surface area contributed by atoms with E-state index in [9.17, 15) is 5.11 Å². The van der Waals surface area contributed by atoms with E-state index in [0.717, 1.165) is 24.2 Å². The van der Waals surface area contributed by atoms with E-state index in [1.807, 2.05) is 6.07 Å². The Morgan fingerprint density at radius 2 is 1.41 bits per heavy atom. The lowest BCUT2D eigenvalue weighted by Gasteiger charge is -2.22. The number of rotatable bonds is 14. The van der Waals surface area contributed by atoms with E-state index in [4.69, 9.17) is 10.5 Å². The average molecular weight is 378 g/mol. The molecule has 0 aromatic heterocycles. The van der Waals surface area contributed by atoms with Crippen LogP contribution in [0.4, 0.5) is 0 Å².